The first kappa shape index (κ1) is 28.0. The molecule has 2 aromatic heterocycles. The first-order valence-corrected chi connectivity index (χ1v) is 14.7. The fourth-order valence-electron chi connectivity index (χ4n) is 5.81. The van der Waals surface area contributed by atoms with Crippen LogP contribution < -0.4 is 15.8 Å². The number of carbonyl (C=O) groups excluding carboxylic acids is 1. The van der Waals surface area contributed by atoms with Crippen LogP contribution in [-0.2, 0) is 11.3 Å². The van der Waals surface area contributed by atoms with Gasteiger partial charge in [-0.3, -0.25) is 4.90 Å². The molecule has 6 rings (SSSR count). The van der Waals surface area contributed by atoms with E-state index in [1.807, 2.05) is 36.4 Å². The lowest BCUT2D eigenvalue weighted by atomic mass is 9.80. The summed E-state index contributed by atoms with van der Waals surface area (Å²) in [6.07, 6.45) is 5.19. The molecule has 2 fully saturated rings. The van der Waals surface area contributed by atoms with Crippen LogP contribution >= 0.6 is 0 Å². The Hall–Kier alpha value is -4.15. The summed E-state index contributed by atoms with van der Waals surface area (Å²) in [5, 5.41) is 3.80. The van der Waals surface area contributed by atoms with Gasteiger partial charge in [-0.05, 0) is 49.1 Å². The zero-order valence-corrected chi connectivity index (χ0v) is 24.1. The first-order valence-electron chi connectivity index (χ1n) is 14.7. The number of nitrogens with zero attached hydrogens (tertiary/aromatic N) is 5. The highest BCUT2D eigenvalue weighted by Gasteiger charge is 2.33. The second-order valence-corrected chi connectivity index (χ2v) is 11.4. The number of nitrogen functional groups attached to an aromatic ring is 1. The largest absolute Gasteiger partial charge is 0.489 e. The van der Waals surface area contributed by atoms with E-state index in [2.05, 4.69) is 61.1 Å². The molecule has 0 radical (unpaired) electrons. The maximum absolute atomic E-state index is 12.3. The number of anilines is 1. The molecule has 0 bridgehead atoms. The van der Waals surface area contributed by atoms with Gasteiger partial charge in [0.05, 0.1) is 5.39 Å². The summed E-state index contributed by atoms with van der Waals surface area (Å²) in [5.41, 5.74) is 10.3. The number of rotatable bonds is 10. The van der Waals surface area contributed by atoms with E-state index >= 15 is 0 Å². The van der Waals surface area contributed by atoms with Crippen molar-refractivity contribution in [1.29, 1.82) is 0 Å². The van der Waals surface area contributed by atoms with E-state index in [0.717, 1.165) is 79.0 Å². The number of carbonyl (C=O) groups is 1. The number of ether oxygens (including phenoxy) is 2. The Morgan fingerprint density at radius 2 is 1.86 bits per heavy atom. The molecule has 4 aromatic rings. The lowest BCUT2D eigenvalue weighted by Gasteiger charge is -2.36. The van der Waals surface area contributed by atoms with E-state index in [0.29, 0.717) is 31.5 Å². The lowest BCUT2D eigenvalue weighted by Crippen LogP contribution is -2.45. The van der Waals surface area contributed by atoms with Gasteiger partial charge in [0.1, 0.15) is 36.8 Å². The van der Waals surface area contributed by atoms with Crippen LogP contribution in [0.2, 0.25) is 0 Å². The molecule has 0 unspecified atom stereocenters. The number of hydrogen-bond donors (Lipinski definition) is 2. The Morgan fingerprint density at radius 3 is 2.67 bits per heavy atom. The third-order valence-electron chi connectivity index (χ3n) is 8.41. The van der Waals surface area contributed by atoms with Crippen molar-refractivity contribution in [1.82, 2.24) is 29.7 Å². The number of alkyl carbamates (subject to hydrolysis) is 1. The summed E-state index contributed by atoms with van der Waals surface area (Å²) in [6, 6.07) is 18.4. The van der Waals surface area contributed by atoms with Gasteiger partial charge >= 0.3 is 6.09 Å². The van der Waals surface area contributed by atoms with Crippen LogP contribution in [0, 0.1) is 5.92 Å². The molecule has 3 heterocycles. The molecule has 42 heavy (non-hydrogen) atoms. The molecular weight excluding hydrogens is 530 g/mol. The Bertz CT molecular complexity index is 1490. The highest BCUT2D eigenvalue weighted by atomic mass is 16.5. The molecule has 1 aliphatic heterocycles. The smallest absolute Gasteiger partial charge is 0.407 e. The van der Waals surface area contributed by atoms with Crippen molar-refractivity contribution in [3.63, 3.8) is 0 Å². The molecule has 3 N–H and O–H groups in total. The van der Waals surface area contributed by atoms with Gasteiger partial charge in [-0.2, -0.15) is 0 Å². The van der Waals surface area contributed by atoms with Crippen LogP contribution in [0.3, 0.4) is 0 Å². The van der Waals surface area contributed by atoms with Gasteiger partial charge in [0, 0.05) is 57.1 Å². The molecule has 2 aromatic carbocycles. The second kappa shape index (κ2) is 12.8. The predicted molar refractivity (Wildman–Crippen MR) is 163 cm³/mol. The van der Waals surface area contributed by atoms with Gasteiger partial charge in [0.2, 0.25) is 0 Å². The van der Waals surface area contributed by atoms with Gasteiger partial charge in [-0.15, -0.1) is 0 Å². The van der Waals surface area contributed by atoms with Crippen molar-refractivity contribution < 1.29 is 14.3 Å². The minimum atomic E-state index is -0.337. The van der Waals surface area contributed by atoms with Crippen LogP contribution in [-0.4, -0.2) is 83.4 Å². The van der Waals surface area contributed by atoms with Crippen molar-refractivity contribution in [2.75, 3.05) is 58.7 Å². The molecule has 2 aliphatic rings. The third-order valence-corrected chi connectivity index (χ3v) is 8.41. The van der Waals surface area contributed by atoms with E-state index in [9.17, 15) is 4.79 Å². The van der Waals surface area contributed by atoms with Crippen molar-refractivity contribution in [3.05, 3.63) is 72.7 Å². The van der Waals surface area contributed by atoms with Gasteiger partial charge in [-0.1, -0.05) is 42.5 Å². The summed E-state index contributed by atoms with van der Waals surface area (Å²) in [5.74, 6) is 1.63. The van der Waals surface area contributed by atoms with Crippen molar-refractivity contribution in [3.8, 4) is 16.9 Å². The fraction of sp³-hybridized carbons (Fsp3) is 0.406. The predicted octanol–water partition coefficient (Wildman–Crippen LogP) is 4.18. The second-order valence-electron chi connectivity index (χ2n) is 11.4. The highest BCUT2D eigenvalue weighted by Crippen LogP contribution is 2.43. The molecule has 10 nitrogen and oxygen atoms in total. The van der Waals surface area contributed by atoms with Crippen LogP contribution in [0.1, 0.15) is 24.4 Å². The van der Waals surface area contributed by atoms with Crippen LogP contribution in [0.4, 0.5) is 10.6 Å². The Kier molecular flexibility index (Phi) is 8.52. The maximum atomic E-state index is 12.3. The Balaban J connectivity index is 1.05. The molecular formula is C32H39N7O3. The van der Waals surface area contributed by atoms with Crippen LogP contribution in [0.25, 0.3) is 22.2 Å². The van der Waals surface area contributed by atoms with Gasteiger partial charge < -0.3 is 30.0 Å². The normalized spacial score (nSPS) is 19.4. The van der Waals surface area contributed by atoms with E-state index in [4.69, 9.17) is 15.2 Å². The van der Waals surface area contributed by atoms with Crippen molar-refractivity contribution in [2.45, 2.75) is 25.5 Å². The van der Waals surface area contributed by atoms with Gasteiger partial charge in [0.25, 0.3) is 0 Å². The zero-order valence-electron chi connectivity index (χ0n) is 24.1. The third kappa shape index (κ3) is 6.50. The lowest BCUT2D eigenvalue weighted by molar-refractivity contribution is 0.101. The molecule has 220 valence electrons. The highest BCUT2D eigenvalue weighted by molar-refractivity contribution is 6.00. The summed E-state index contributed by atoms with van der Waals surface area (Å²) >= 11 is 0. The number of likely N-dealkylation sites (N-methyl/N-ethyl adjacent to an activating group) is 1. The van der Waals surface area contributed by atoms with E-state index in [1.54, 1.807) is 0 Å². The molecule has 0 spiro atoms. The van der Waals surface area contributed by atoms with E-state index in [1.165, 1.54) is 6.33 Å². The van der Waals surface area contributed by atoms with Crippen molar-refractivity contribution in [2.24, 2.45) is 5.92 Å². The Morgan fingerprint density at radius 1 is 1.05 bits per heavy atom. The van der Waals surface area contributed by atoms with E-state index in [-0.39, 0.29) is 12.1 Å². The molecule has 1 saturated heterocycles. The topological polar surface area (TPSA) is 111 Å². The van der Waals surface area contributed by atoms with Gasteiger partial charge in [-0.25, -0.2) is 14.8 Å². The summed E-state index contributed by atoms with van der Waals surface area (Å²) in [6.45, 7) is 6.45. The van der Waals surface area contributed by atoms with E-state index < -0.39 is 0 Å². The minimum absolute atomic E-state index is 0.271. The Labute approximate surface area is 246 Å². The summed E-state index contributed by atoms with van der Waals surface area (Å²) < 4.78 is 13.7. The number of nitrogens with one attached hydrogen (secondary N) is 1. The minimum Gasteiger partial charge on any atom is -0.489 e. The summed E-state index contributed by atoms with van der Waals surface area (Å²) in [7, 11) is 2.13. The fourth-order valence-corrected chi connectivity index (χ4v) is 5.81. The number of hydrogen-bond acceptors (Lipinski definition) is 8. The number of benzene rings is 2. The maximum Gasteiger partial charge on any atom is 0.407 e. The molecule has 0 atom stereocenters. The number of nitrogens with two attached hydrogens (primary N) is 1. The molecule has 1 aliphatic carbocycles. The van der Waals surface area contributed by atoms with Crippen LogP contribution in [0.15, 0.2) is 67.1 Å². The van der Waals surface area contributed by atoms with Crippen LogP contribution in [0.5, 0.6) is 5.75 Å². The average Bonchev–Trinajstić information content (AvgIpc) is 3.37. The average molecular weight is 570 g/mol. The number of aromatic nitrogens is 3. The standard InChI is InChI=1S/C32H39N7O3/c1-37-10-12-38(13-11-37)14-15-41-32(40)34-19-24-16-26(17-24)39-20-28(29-30(33)35-22-36-31(29)39)25-8-5-9-27(18-25)42-21-23-6-3-2-4-7-23/h2-9,18,20,22,24,26H,10-17,19,21H2,1H3,(H,34,40)(H2,33,35,36)/t24-,26-. The zero-order chi connectivity index (χ0) is 28.9. The first-order chi connectivity index (χ1) is 20.5. The van der Waals surface area contributed by atoms with Gasteiger partial charge in [0.15, 0.2) is 0 Å². The molecule has 1 saturated carbocycles. The summed E-state index contributed by atoms with van der Waals surface area (Å²) in [4.78, 5) is 25.8. The monoisotopic (exact) mass is 569 g/mol. The molecule has 10 heteroatoms. The number of amides is 1. The number of piperazine rings is 1. The quantitative estimate of drug-likeness (QED) is 0.293. The number of fused-ring (bicyclic) bond motifs is 1. The SMILES string of the molecule is CN1CCN(CCOC(=O)NC[C@H]2C[C@H](n3cc(-c4cccc(OCc5ccccc5)c4)c4c(N)ncnc43)C2)CC1. The van der Waals surface area contributed by atoms with Crippen molar-refractivity contribution >= 4 is 22.9 Å². The molecule has 1 amide bonds.